The van der Waals surface area contributed by atoms with Gasteiger partial charge in [0, 0.05) is 17.8 Å². The Balaban J connectivity index is 2.13. The lowest BCUT2D eigenvalue weighted by atomic mass is 10.2. The Kier molecular flexibility index (Phi) is 3.05. The van der Waals surface area contributed by atoms with E-state index in [1.54, 1.807) is 12.1 Å². The molecule has 0 saturated heterocycles. The highest BCUT2D eigenvalue weighted by molar-refractivity contribution is 5.54. The van der Waals surface area contributed by atoms with E-state index >= 15 is 0 Å². The van der Waals surface area contributed by atoms with Gasteiger partial charge < -0.3 is 9.84 Å². The summed E-state index contributed by atoms with van der Waals surface area (Å²) in [6.45, 7) is 3.38. The summed E-state index contributed by atoms with van der Waals surface area (Å²) in [5, 5.41) is 9.12. The molecule has 0 fully saturated rings. The summed E-state index contributed by atoms with van der Waals surface area (Å²) in [6.07, 6.45) is 1.45. The Labute approximate surface area is 97.8 Å². The van der Waals surface area contributed by atoms with Gasteiger partial charge in [0.1, 0.15) is 17.3 Å². The Bertz CT molecular complexity index is 520. The monoisotopic (exact) mass is 231 g/mol. The second-order valence-corrected chi connectivity index (χ2v) is 3.39. The van der Waals surface area contributed by atoms with Gasteiger partial charge in [-0.3, -0.25) is 0 Å². The Morgan fingerprint density at radius 3 is 2.41 bits per heavy atom. The molecule has 1 aromatic heterocycles. The minimum atomic E-state index is -0.322. The third-order valence-corrected chi connectivity index (χ3v) is 2.11. The first-order valence-electron chi connectivity index (χ1n) is 4.93. The minimum absolute atomic E-state index is 0.0502. The maximum absolute atomic E-state index is 12.7. The number of pyridine rings is 1. The van der Waals surface area contributed by atoms with Crippen LogP contribution in [-0.2, 0) is 0 Å². The van der Waals surface area contributed by atoms with E-state index in [0.29, 0.717) is 17.2 Å². The molecule has 0 aliphatic carbocycles. The van der Waals surface area contributed by atoms with Gasteiger partial charge in [-0.05, 0) is 30.3 Å². The topological polar surface area (TPSA) is 42.4 Å². The average Bonchev–Trinajstić information content (AvgIpc) is 2.33. The summed E-state index contributed by atoms with van der Waals surface area (Å²) in [7, 11) is 0. The molecule has 0 aliphatic heterocycles. The molecule has 3 nitrogen and oxygen atoms in total. The quantitative estimate of drug-likeness (QED) is 0.821. The highest BCUT2D eigenvalue weighted by Crippen LogP contribution is 2.20. The normalized spacial score (nSPS) is 9.94. The van der Waals surface area contributed by atoms with E-state index in [1.165, 1.54) is 30.5 Å². The van der Waals surface area contributed by atoms with Gasteiger partial charge in [0.2, 0.25) is 5.88 Å². The summed E-state index contributed by atoms with van der Waals surface area (Å²) in [6, 6.07) is 8.86. The molecular weight excluding hydrogens is 221 g/mol. The van der Waals surface area contributed by atoms with Crippen molar-refractivity contribution in [3.8, 4) is 11.6 Å². The Morgan fingerprint density at radius 2 is 1.88 bits per heavy atom. The van der Waals surface area contributed by atoms with Gasteiger partial charge in [0.15, 0.2) is 0 Å². The van der Waals surface area contributed by atoms with Crippen LogP contribution in [0.25, 0.3) is 5.76 Å². The molecule has 1 N–H and O–H groups in total. The molecule has 0 saturated carbocycles. The number of nitrogens with zero attached hydrogens (tertiary/aromatic N) is 1. The number of hydrogen-bond acceptors (Lipinski definition) is 3. The van der Waals surface area contributed by atoms with Crippen molar-refractivity contribution >= 4 is 5.76 Å². The van der Waals surface area contributed by atoms with Gasteiger partial charge in [0.25, 0.3) is 0 Å². The Morgan fingerprint density at radius 1 is 1.18 bits per heavy atom. The SMILES string of the molecule is C=C(O)c1ccc(Oc2ccc(F)cc2)nc1. The van der Waals surface area contributed by atoms with Crippen LogP contribution in [0.15, 0.2) is 49.2 Å². The maximum Gasteiger partial charge on any atom is 0.219 e. The van der Waals surface area contributed by atoms with E-state index in [9.17, 15) is 4.39 Å². The van der Waals surface area contributed by atoms with Crippen molar-refractivity contribution in [3.63, 3.8) is 0 Å². The first kappa shape index (κ1) is 11.1. The van der Waals surface area contributed by atoms with Gasteiger partial charge in [-0.2, -0.15) is 0 Å². The third-order valence-electron chi connectivity index (χ3n) is 2.11. The van der Waals surface area contributed by atoms with Crippen molar-refractivity contribution in [3.05, 3.63) is 60.6 Å². The predicted molar refractivity (Wildman–Crippen MR) is 62.4 cm³/mol. The van der Waals surface area contributed by atoms with Crippen molar-refractivity contribution in [1.29, 1.82) is 0 Å². The number of hydrogen-bond donors (Lipinski definition) is 1. The fourth-order valence-electron chi connectivity index (χ4n) is 1.23. The molecule has 0 amide bonds. The maximum atomic E-state index is 12.7. The van der Waals surface area contributed by atoms with E-state index < -0.39 is 0 Å². The van der Waals surface area contributed by atoms with Gasteiger partial charge in [0.05, 0.1) is 0 Å². The molecule has 0 radical (unpaired) electrons. The molecular formula is C13H10FNO2. The molecule has 2 rings (SSSR count). The molecule has 0 bridgehead atoms. The lowest BCUT2D eigenvalue weighted by molar-refractivity contribution is 0.460. The van der Waals surface area contributed by atoms with Crippen LogP contribution in [0.2, 0.25) is 0 Å². The van der Waals surface area contributed by atoms with Crippen LogP contribution in [-0.4, -0.2) is 10.1 Å². The molecule has 2 aromatic rings. The number of halogens is 1. The van der Waals surface area contributed by atoms with Crippen LogP contribution in [0.4, 0.5) is 4.39 Å². The first-order valence-corrected chi connectivity index (χ1v) is 4.93. The lowest BCUT2D eigenvalue weighted by Crippen LogP contribution is -1.89. The minimum Gasteiger partial charge on any atom is -0.508 e. The molecule has 0 spiro atoms. The van der Waals surface area contributed by atoms with Crippen LogP contribution >= 0.6 is 0 Å². The summed E-state index contributed by atoms with van der Waals surface area (Å²) < 4.78 is 18.0. The molecule has 17 heavy (non-hydrogen) atoms. The van der Waals surface area contributed by atoms with Crippen molar-refractivity contribution in [2.45, 2.75) is 0 Å². The van der Waals surface area contributed by atoms with E-state index in [0.717, 1.165) is 0 Å². The van der Waals surface area contributed by atoms with Gasteiger partial charge in [-0.15, -0.1) is 0 Å². The number of aliphatic hydroxyl groups is 1. The van der Waals surface area contributed by atoms with Crippen molar-refractivity contribution < 1.29 is 14.2 Å². The highest BCUT2D eigenvalue weighted by Gasteiger charge is 2.01. The predicted octanol–water partition coefficient (Wildman–Crippen LogP) is 3.54. The number of rotatable bonds is 3. The van der Waals surface area contributed by atoms with Gasteiger partial charge in [-0.1, -0.05) is 6.58 Å². The van der Waals surface area contributed by atoms with Crippen LogP contribution in [0.1, 0.15) is 5.56 Å². The van der Waals surface area contributed by atoms with Crippen LogP contribution in [0, 0.1) is 5.82 Å². The van der Waals surface area contributed by atoms with Crippen LogP contribution < -0.4 is 4.74 Å². The van der Waals surface area contributed by atoms with Crippen LogP contribution in [0.3, 0.4) is 0 Å². The summed E-state index contributed by atoms with van der Waals surface area (Å²) in [4.78, 5) is 3.98. The molecule has 0 aliphatic rings. The van der Waals surface area contributed by atoms with E-state index in [4.69, 9.17) is 9.84 Å². The second kappa shape index (κ2) is 4.65. The summed E-state index contributed by atoms with van der Waals surface area (Å²) >= 11 is 0. The zero-order chi connectivity index (χ0) is 12.3. The van der Waals surface area contributed by atoms with Crippen molar-refractivity contribution in [2.75, 3.05) is 0 Å². The number of benzene rings is 1. The molecule has 86 valence electrons. The Hall–Kier alpha value is -2.36. The second-order valence-electron chi connectivity index (χ2n) is 3.39. The molecule has 1 heterocycles. The molecule has 1 aromatic carbocycles. The number of aromatic nitrogens is 1. The molecule has 0 atom stereocenters. The van der Waals surface area contributed by atoms with Crippen molar-refractivity contribution in [2.24, 2.45) is 0 Å². The zero-order valence-electron chi connectivity index (χ0n) is 8.93. The number of aliphatic hydroxyl groups excluding tert-OH is 1. The number of ether oxygens (including phenoxy) is 1. The fraction of sp³-hybridized carbons (Fsp3) is 0. The first-order chi connectivity index (χ1) is 8.15. The van der Waals surface area contributed by atoms with Crippen LogP contribution in [0.5, 0.6) is 11.6 Å². The standard InChI is InChI=1S/C13H10FNO2/c1-9(16)10-2-7-13(15-8-10)17-12-5-3-11(14)4-6-12/h2-8,16H,1H2. The highest BCUT2D eigenvalue weighted by atomic mass is 19.1. The van der Waals surface area contributed by atoms with E-state index in [-0.39, 0.29) is 11.6 Å². The van der Waals surface area contributed by atoms with E-state index in [2.05, 4.69) is 11.6 Å². The molecule has 4 heteroatoms. The third kappa shape index (κ3) is 2.81. The van der Waals surface area contributed by atoms with Gasteiger partial charge in [-0.25, -0.2) is 9.37 Å². The largest absolute Gasteiger partial charge is 0.508 e. The fourth-order valence-corrected chi connectivity index (χ4v) is 1.23. The average molecular weight is 231 g/mol. The zero-order valence-corrected chi connectivity index (χ0v) is 8.93. The lowest BCUT2D eigenvalue weighted by Gasteiger charge is -2.05. The van der Waals surface area contributed by atoms with Crippen molar-refractivity contribution in [1.82, 2.24) is 4.98 Å². The van der Waals surface area contributed by atoms with Gasteiger partial charge >= 0.3 is 0 Å². The smallest absolute Gasteiger partial charge is 0.219 e. The van der Waals surface area contributed by atoms with E-state index in [1.807, 2.05) is 0 Å². The summed E-state index contributed by atoms with van der Waals surface area (Å²) in [5.74, 6) is 0.485. The summed E-state index contributed by atoms with van der Waals surface area (Å²) in [5.41, 5.74) is 0.524. The molecule has 0 unspecified atom stereocenters.